The molecule has 6 nitrogen and oxygen atoms in total. The van der Waals surface area contributed by atoms with E-state index in [0.717, 1.165) is 23.1 Å². The maximum atomic E-state index is 11.7. The summed E-state index contributed by atoms with van der Waals surface area (Å²) in [6.07, 6.45) is 7.02. The molecular formula is C20H26N2O4. The van der Waals surface area contributed by atoms with Gasteiger partial charge in [0.1, 0.15) is 12.1 Å². The van der Waals surface area contributed by atoms with Gasteiger partial charge in [-0.2, -0.15) is 0 Å². The molecule has 2 rings (SSSR count). The zero-order valence-electron chi connectivity index (χ0n) is 15.1. The van der Waals surface area contributed by atoms with Crippen molar-refractivity contribution in [1.82, 2.24) is 5.32 Å². The lowest BCUT2D eigenvalue weighted by Crippen LogP contribution is -2.47. The number of benzene rings is 1. The van der Waals surface area contributed by atoms with E-state index < -0.39 is 24.0 Å². The van der Waals surface area contributed by atoms with Gasteiger partial charge in [0.25, 0.3) is 0 Å². The summed E-state index contributed by atoms with van der Waals surface area (Å²) in [6.45, 7) is 3.58. The van der Waals surface area contributed by atoms with E-state index in [-0.39, 0.29) is 19.1 Å². The van der Waals surface area contributed by atoms with Crippen LogP contribution in [-0.4, -0.2) is 41.8 Å². The third-order valence-electron chi connectivity index (χ3n) is 4.27. The third-order valence-corrected chi connectivity index (χ3v) is 4.27. The van der Waals surface area contributed by atoms with Crippen LogP contribution >= 0.6 is 0 Å². The van der Waals surface area contributed by atoms with Gasteiger partial charge in [-0.25, -0.2) is 0 Å². The fourth-order valence-electron chi connectivity index (χ4n) is 2.86. The summed E-state index contributed by atoms with van der Waals surface area (Å²) in [6, 6.07) is 6.24. The van der Waals surface area contributed by atoms with Crippen molar-refractivity contribution in [2.75, 3.05) is 6.61 Å². The zero-order chi connectivity index (χ0) is 19.1. The highest BCUT2D eigenvalue weighted by molar-refractivity contribution is 5.78. The molecule has 0 heterocycles. The van der Waals surface area contributed by atoms with Gasteiger partial charge < -0.3 is 15.6 Å². The number of carboxylic acid groups (broad SMARTS) is 1. The largest absolute Gasteiger partial charge is 0.480 e. The van der Waals surface area contributed by atoms with Gasteiger partial charge in [0.2, 0.25) is 0 Å². The van der Waals surface area contributed by atoms with Crippen molar-refractivity contribution in [2.45, 2.75) is 44.8 Å². The van der Waals surface area contributed by atoms with E-state index in [2.05, 4.69) is 5.32 Å². The molecule has 0 spiro atoms. The van der Waals surface area contributed by atoms with E-state index in [4.69, 9.17) is 10.5 Å². The summed E-state index contributed by atoms with van der Waals surface area (Å²) in [7, 11) is 0. The molecule has 140 valence electrons. The van der Waals surface area contributed by atoms with Gasteiger partial charge >= 0.3 is 11.9 Å². The summed E-state index contributed by atoms with van der Waals surface area (Å²) in [4.78, 5) is 23.2. The van der Waals surface area contributed by atoms with Crippen LogP contribution in [0.4, 0.5) is 0 Å². The monoisotopic (exact) mass is 358 g/mol. The highest BCUT2D eigenvalue weighted by Gasteiger charge is 2.24. The molecule has 0 radical (unpaired) electrons. The minimum atomic E-state index is -1.00. The molecule has 0 aliphatic heterocycles. The van der Waals surface area contributed by atoms with E-state index in [9.17, 15) is 14.7 Å². The van der Waals surface area contributed by atoms with Crippen molar-refractivity contribution in [3.05, 3.63) is 53.6 Å². The average Bonchev–Trinajstić information content (AvgIpc) is 2.61. The molecule has 1 aliphatic rings. The second-order valence-electron chi connectivity index (χ2n) is 6.38. The maximum absolute atomic E-state index is 11.7. The van der Waals surface area contributed by atoms with Crippen LogP contribution in [0.25, 0.3) is 5.57 Å². The molecule has 1 aromatic rings. The number of rotatable bonds is 8. The number of nitrogens with one attached hydrogen (secondary N) is 1. The number of hydrogen-bond donors (Lipinski definition) is 3. The molecule has 0 saturated heterocycles. The molecule has 0 bridgehead atoms. The summed E-state index contributed by atoms with van der Waals surface area (Å²) in [5.41, 5.74) is 9.06. The van der Waals surface area contributed by atoms with E-state index in [0.29, 0.717) is 0 Å². The Morgan fingerprint density at radius 1 is 1.35 bits per heavy atom. The number of esters is 1. The Hall–Kier alpha value is -2.44. The number of hydrogen-bond acceptors (Lipinski definition) is 5. The van der Waals surface area contributed by atoms with Crippen molar-refractivity contribution in [3.8, 4) is 0 Å². The summed E-state index contributed by atoms with van der Waals surface area (Å²) >= 11 is 0. The molecule has 1 aliphatic carbocycles. The van der Waals surface area contributed by atoms with E-state index in [1.54, 1.807) is 13.8 Å². The third kappa shape index (κ3) is 5.54. The smallest absolute Gasteiger partial charge is 0.322 e. The van der Waals surface area contributed by atoms with Crippen LogP contribution in [0, 0.1) is 0 Å². The first-order chi connectivity index (χ1) is 12.4. The van der Waals surface area contributed by atoms with Gasteiger partial charge in [0.05, 0.1) is 6.61 Å². The minimum Gasteiger partial charge on any atom is -0.480 e. The minimum absolute atomic E-state index is 0.0274. The predicted molar refractivity (Wildman–Crippen MR) is 101 cm³/mol. The van der Waals surface area contributed by atoms with Gasteiger partial charge in [0, 0.05) is 6.04 Å². The zero-order valence-corrected chi connectivity index (χ0v) is 15.1. The normalized spacial score (nSPS) is 18.7. The molecule has 0 aromatic heterocycles. The second-order valence-corrected chi connectivity index (χ2v) is 6.38. The van der Waals surface area contributed by atoms with Gasteiger partial charge in [-0.3, -0.25) is 14.9 Å². The molecule has 4 N–H and O–H groups in total. The molecule has 3 unspecified atom stereocenters. The molecule has 0 amide bonds. The molecule has 1 aromatic carbocycles. The number of carboxylic acids is 1. The number of carbonyl (C=O) groups excluding carboxylic acids is 1. The summed E-state index contributed by atoms with van der Waals surface area (Å²) in [5.74, 6) is -1.46. The first kappa shape index (κ1) is 19.9. The molecule has 0 saturated carbocycles. The van der Waals surface area contributed by atoms with Crippen molar-refractivity contribution >= 4 is 17.5 Å². The van der Waals surface area contributed by atoms with Crippen LogP contribution in [0.15, 0.2) is 42.5 Å². The topological polar surface area (TPSA) is 102 Å². The Kier molecular flexibility index (Phi) is 7.12. The van der Waals surface area contributed by atoms with Crippen molar-refractivity contribution in [2.24, 2.45) is 5.73 Å². The Labute approximate surface area is 153 Å². The Morgan fingerprint density at radius 3 is 2.62 bits per heavy atom. The number of ether oxygens (including phenoxy) is 1. The van der Waals surface area contributed by atoms with E-state index >= 15 is 0 Å². The number of allylic oxidation sites excluding steroid dienone is 2. The number of carbonyl (C=O) groups is 2. The Bertz CT molecular complexity index is 694. The first-order valence-electron chi connectivity index (χ1n) is 8.78. The van der Waals surface area contributed by atoms with Crippen LogP contribution in [0.5, 0.6) is 0 Å². The second kappa shape index (κ2) is 9.31. The molecule has 6 heteroatoms. The van der Waals surface area contributed by atoms with Gasteiger partial charge in [0.15, 0.2) is 0 Å². The van der Waals surface area contributed by atoms with Crippen LogP contribution in [0.2, 0.25) is 0 Å². The van der Waals surface area contributed by atoms with Gasteiger partial charge in [-0.15, -0.1) is 0 Å². The number of nitrogens with two attached hydrogens (primary N) is 1. The first-order valence-corrected chi connectivity index (χ1v) is 8.78. The van der Waals surface area contributed by atoms with Crippen LogP contribution in [0.1, 0.15) is 31.4 Å². The lowest BCUT2D eigenvalue weighted by molar-refractivity contribution is -0.146. The Balaban J connectivity index is 2.03. The highest BCUT2D eigenvalue weighted by Crippen LogP contribution is 2.23. The fraction of sp³-hybridized carbons (Fsp3) is 0.400. The lowest BCUT2D eigenvalue weighted by Gasteiger charge is -2.19. The molecule has 3 atom stereocenters. The van der Waals surface area contributed by atoms with Crippen molar-refractivity contribution < 1.29 is 19.4 Å². The van der Waals surface area contributed by atoms with Crippen LogP contribution in [0.3, 0.4) is 0 Å². The maximum Gasteiger partial charge on any atom is 0.322 e. The summed E-state index contributed by atoms with van der Waals surface area (Å²) in [5, 5.41) is 12.3. The average molecular weight is 358 g/mol. The summed E-state index contributed by atoms with van der Waals surface area (Å²) < 4.78 is 4.91. The van der Waals surface area contributed by atoms with Crippen molar-refractivity contribution in [3.63, 3.8) is 0 Å². The highest BCUT2D eigenvalue weighted by atomic mass is 16.5. The lowest BCUT2D eigenvalue weighted by atomic mass is 9.93. The van der Waals surface area contributed by atoms with Crippen molar-refractivity contribution in [1.29, 1.82) is 0 Å². The molecular weight excluding hydrogens is 332 g/mol. The van der Waals surface area contributed by atoms with E-state index in [1.165, 1.54) is 0 Å². The quantitative estimate of drug-likeness (QED) is 0.614. The van der Waals surface area contributed by atoms with E-state index in [1.807, 2.05) is 42.5 Å². The SMILES string of the molecule is CCOC(=O)C(C)NC(Cc1ccc(C2=CC=CC(N)C2)cc1)C(=O)O. The van der Waals surface area contributed by atoms with Gasteiger partial charge in [-0.05, 0) is 43.4 Å². The Morgan fingerprint density at radius 2 is 2.04 bits per heavy atom. The number of aliphatic carboxylic acids is 1. The molecule has 26 heavy (non-hydrogen) atoms. The van der Waals surface area contributed by atoms with Gasteiger partial charge in [-0.1, -0.05) is 42.5 Å². The fourth-order valence-corrected chi connectivity index (χ4v) is 2.86. The molecule has 0 fully saturated rings. The standard InChI is InChI=1S/C20H26N2O4/c1-3-26-20(25)13(2)22-18(19(23)24)11-14-7-9-15(10-8-14)16-5-4-6-17(21)12-16/h4-10,13,17-18,22H,3,11-12,21H2,1-2H3,(H,23,24). The van der Waals surface area contributed by atoms with Crippen LogP contribution in [-0.2, 0) is 20.7 Å². The van der Waals surface area contributed by atoms with Crippen LogP contribution < -0.4 is 11.1 Å². The predicted octanol–water partition coefficient (Wildman–Crippen LogP) is 1.89.